The Morgan fingerprint density at radius 2 is 2.16 bits per heavy atom. The molecule has 1 amide bonds. The average Bonchev–Trinajstić information content (AvgIpc) is 3.23. The minimum absolute atomic E-state index is 0.0543. The van der Waals surface area contributed by atoms with Crippen LogP contribution in [-0.4, -0.2) is 58.2 Å². The fourth-order valence-electron chi connectivity index (χ4n) is 3.88. The number of hydrogen-bond acceptors (Lipinski definition) is 5. The highest BCUT2D eigenvalue weighted by atomic mass is 32.2. The molecular weight excluding hydrogens is 343 g/mol. The summed E-state index contributed by atoms with van der Waals surface area (Å²) in [5, 5.41) is 0. The largest absolute Gasteiger partial charge is 0.471 e. The highest BCUT2D eigenvalue weighted by Crippen LogP contribution is 2.46. The number of hydrogen-bond donors (Lipinski definition) is 0. The van der Waals surface area contributed by atoms with Gasteiger partial charge in [-0.1, -0.05) is 12.8 Å². The zero-order chi connectivity index (χ0) is 17.3. The highest BCUT2D eigenvalue weighted by Gasteiger charge is 2.51. The Morgan fingerprint density at radius 1 is 1.36 bits per heavy atom. The molecule has 3 aliphatic rings. The lowest BCUT2D eigenvalue weighted by atomic mass is 9.93. The number of halogens is 1. The summed E-state index contributed by atoms with van der Waals surface area (Å²) in [5.74, 6) is 0.528. The van der Waals surface area contributed by atoms with Gasteiger partial charge < -0.3 is 14.4 Å². The summed E-state index contributed by atoms with van der Waals surface area (Å²) in [6.45, 7) is 1.66. The average molecular weight is 366 g/mol. The maximum Gasteiger partial charge on any atom is 0.250 e. The third-order valence-electron chi connectivity index (χ3n) is 5.23. The predicted molar refractivity (Wildman–Crippen MR) is 93.2 cm³/mol. The number of pyridine rings is 1. The molecule has 1 aliphatic carbocycles. The van der Waals surface area contributed by atoms with E-state index in [1.807, 2.05) is 16.7 Å². The second-order valence-electron chi connectivity index (χ2n) is 7.20. The van der Waals surface area contributed by atoms with Crippen molar-refractivity contribution in [2.24, 2.45) is 0 Å². The van der Waals surface area contributed by atoms with E-state index in [0.717, 1.165) is 38.1 Å². The molecule has 1 aromatic heterocycles. The monoisotopic (exact) mass is 366 g/mol. The second kappa shape index (κ2) is 7.11. The van der Waals surface area contributed by atoms with Gasteiger partial charge in [0.2, 0.25) is 5.91 Å². The Morgan fingerprint density at radius 3 is 2.92 bits per heavy atom. The van der Waals surface area contributed by atoms with Crippen LogP contribution in [0.2, 0.25) is 0 Å². The summed E-state index contributed by atoms with van der Waals surface area (Å²) in [6, 6.07) is 2.91. The molecule has 2 aliphatic heterocycles. The molecule has 3 fully saturated rings. The van der Waals surface area contributed by atoms with Gasteiger partial charge in [0.05, 0.1) is 10.9 Å². The van der Waals surface area contributed by atoms with Gasteiger partial charge in [-0.15, -0.1) is 11.8 Å². The van der Waals surface area contributed by atoms with E-state index in [1.165, 1.54) is 25.1 Å². The van der Waals surface area contributed by atoms with Crippen LogP contribution in [0.25, 0.3) is 0 Å². The lowest BCUT2D eigenvalue weighted by Crippen LogP contribution is -2.61. The zero-order valence-electron chi connectivity index (χ0n) is 14.2. The van der Waals surface area contributed by atoms with Crippen LogP contribution in [0.3, 0.4) is 0 Å². The van der Waals surface area contributed by atoms with Crippen molar-refractivity contribution in [2.75, 3.05) is 25.4 Å². The fraction of sp³-hybridized carbons (Fsp3) is 0.667. The first kappa shape index (κ1) is 17.1. The number of rotatable bonds is 5. The minimum Gasteiger partial charge on any atom is -0.471 e. The molecule has 136 valence electrons. The first-order chi connectivity index (χ1) is 12.1. The first-order valence-electron chi connectivity index (χ1n) is 8.94. The quantitative estimate of drug-likeness (QED) is 0.802. The minimum atomic E-state index is -0.428. The SMILES string of the molecule is O=C(COC1CCCC1)N1CC2(C[C@H](Oc3ncccc3F)CS2)C1. The van der Waals surface area contributed by atoms with Crippen LogP contribution in [0.15, 0.2) is 18.3 Å². The summed E-state index contributed by atoms with van der Waals surface area (Å²) < 4.78 is 25.1. The van der Waals surface area contributed by atoms with Crippen LogP contribution in [0.4, 0.5) is 4.39 Å². The van der Waals surface area contributed by atoms with Crippen LogP contribution in [0.1, 0.15) is 32.1 Å². The molecule has 7 heteroatoms. The van der Waals surface area contributed by atoms with Crippen LogP contribution in [0.5, 0.6) is 5.88 Å². The molecular formula is C18H23FN2O3S. The van der Waals surface area contributed by atoms with Crippen molar-refractivity contribution in [3.8, 4) is 5.88 Å². The lowest BCUT2D eigenvalue weighted by molar-refractivity contribution is -0.143. The molecule has 1 spiro atoms. The van der Waals surface area contributed by atoms with Crippen molar-refractivity contribution in [2.45, 2.75) is 49.1 Å². The molecule has 0 unspecified atom stereocenters. The van der Waals surface area contributed by atoms with Gasteiger partial charge in [-0.3, -0.25) is 4.79 Å². The zero-order valence-corrected chi connectivity index (χ0v) is 15.0. The van der Waals surface area contributed by atoms with Crippen molar-refractivity contribution in [3.63, 3.8) is 0 Å². The van der Waals surface area contributed by atoms with Crippen LogP contribution in [0, 0.1) is 5.82 Å². The number of carbonyl (C=O) groups is 1. The Hall–Kier alpha value is -1.34. The normalized spacial score (nSPS) is 25.3. The number of ether oxygens (including phenoxy) is 2. The van der Waals surface area contributed by atoms with Crippen LogP contribution in [-0.2, 0) is 9.53 Å². The van der Waals surface area contributed by atoms with Gasteiger partial charge in [0, 0.05) is 31.5 Å². The Labute approximate surface area is 151 Å². The second-order valence-corrected chi connectivity index (χ2v) is 8.68. The molecule has 1 saturated carbocycles. The Kier molecular flexibility index (Phi) is 4.86. The van der Waals surface area contributed by atoms with Crippen molar-refractivity contribution in [1.82, 2.24) is 9.88 Å². The maximum atomic E-state index is 13.7. The van der Waals surface area contributed by atoms with Crippen molar-refractivity contribution in [3.05, 3.63) is 24.1 Å². The van der Waals surface area contributed by atoms with Crippen LogP contribution >= 0.6 is 11.8 Å². The number of carbonyl (C=O) groups excluding carboxylic acids is 1. The van der Waals surface area contributed by atoms with Gasteiger partial charge in [-0.05, 0) is 25.0 Å². The molecule has 1 aromatic rings. The number of amides is 1. The number of aromatic nitrogens is 1. The summed E-state index contributed by atoms with van der Waals surface area (Å²) in [7, 11) is 0. The van der Waals surface area contributed by atoms with Gasteiger partial charge in [-0.25, -0.2) is 9.37 Å². The van der Waals surface area contributed by atoms with Gasteiger partial charge in [-0.2, -0.15) is 0 Å². The molecule has 0 aromatic carbocycles. The fourth-order valence-corrected chi connectivity index (χ4v) is 5.40. The molecule has 2 saturated heterocycles. The third kappa shape index (κ3) is 3.77. The summed E-state index contributed by atoms with van der Waals surface area (Å²) >= 11 is 1.82. The highest BCUT2D eigenvalue weighted by molar-refractivity contribution is 8.01. The molecule has 3 heterocycles. The number of nitrogens with zero attached hydrogens (tertiary/aromatic N) is 2. The van der Waals surface area contributed by atoms with E-state index in [2.05, 4.69) is 4.98 Å². The molecule has 0 bridgehead atoms. The molecule has 4 rings (SSSR count). The van der Waals surface area contributed by atoms with E-state index in [-0.39, 0.29) is 35.3 Å². The lowest BCUT2D eigenvalue weighted by Gasteiger charge is -2.47. The van der Waals surface area contributed by atoms with Gasteiger partial charge in [0.25, 0.3) is 5.88 Å². The van der Waals surface area contributed by atoms with E-state index < -0.39 is 5.82 Å². The van der Waals surface area contributed by atoms with Crippen molar-refractivity contribution < 1.29 is 18.7 Å². The van der Waals surface area contributed by atoms with E-state index >= 15 is 0 Å². The molecule has 5 nitrogen and oxygen atoms in total. The van der Waals surface area contributed by atoms with Crippen molar-refractivity contribution >= 4 is 17.7 Å². The predicted octanol–water partition coefficient (Wildman–Crippen LogP) is 2.65. The van der Waals surface area contributed by atoms with Crippen LogP contribution < -0.4 is 4.74 Å². The molecule has 1 atom stereocenters. The van der Waals surface area contributed by atoms with E-state index in [1.54, 1.807) is 6.07 Å². The summed E-state index contributed by atoms with van der Waals surface area (Å²) in [4.78, 5) is 18.1. The first-order valence-corrected chi connectivity index (χ1v) is 9.93. The van der Waals surface area contributed by atoms with Gasteiger partial charge in [0.1, 0.15) is 12.7 Å². The maximum absolute atomic E-state index is 13.7. The number of thioether (sulfide) groups is 1. The smallest absolute Gasteiger partial charge is 0.250 e. The Balaban J connectivity index is 1.23. The Bertz CT molecular complexity index is 633. The summed E-state index contributed by atoms with van der Waals surface area (Å²) in [5.41, 5.74) is 0. The molecule has 25 heavy (non-hydrogen) atoms. The third-order valence-corrected chi connectivity index (χ3v) is 6.81. The van der Waals surface area contributed by atoms with Crippen molar-refractivity contribution in [1.29, 1.82) is 0 Å². The standard InChI is InChI=1S/C18H23FN2O3S/c19-15-6-3-7-20-17(15)24-14-8-18(25-10-14)11-21(12-18)16(22)9-23-13-4-1-2-5-13/h3,6-7,13-14H,1-2,4-5,8-12H2/t14-/m0/s1. The number of likely N-dealkylation sites (tertiary alicyclic amines) is 1. The van der Waals surface area contributed by atoms with Gasteiger partial charge >= 0.3 is 0 Å². The molecule has 0 radical (unpaired) electrons. The van der Waals surface area contributed by atoms with E-state index in [0.29, 0.717) is 0 Å². The topological polar surface area (TPSA) is 51.7 Å². The molecule has 0 N–H and O–H groups in total. The van der Waals surface area contributed by atoms with E-state index in [4.69, 9.17) is 9.47 Å². The van der Waals surface area contributed by atoms with Gasteiger partial charge in [0.15, 0.2) is 5.82 Å². The summed E-state index contributed by atoms with van der Waals surface area (Å²) in [6.07, 6.45) is 7.14. The van der Waals surface area contributed by atoms with E-state index in [9.17, 15) is 9.18 Å².